The SMILES string of the molecule is CN(CC(=O)O)c1cc(F)c(Cl)cc1N. The van der Waals surface area contributed by atoms with Crippen LogP contribution in [0, 0.1) is 5.82 Å². The van der Waals surface area contributed by atoms with Crippen molar-refractivity contribution in [1.29, 1.82) is 0 Å². The Kier molecular flexibility index (Phi) is 3.36. The Hall–Kier alpha value is -1.49. The molecule has 3 N–H and O–H groups in total. The van der Waals surface area contributed by atoms with Gasteiger partial charge in [-0.15, -0.1) is 0 Å². The molecule has 0 bridgehead atoms. The van der Waals surface area contributed by atoms with Gasteiger partial charge in [0.1, 0.15) is 12.4 Å². The molecule has 1 aromatic carbocycles. The summed E-state index contributed by atoms with van der Waals surface area (Å²) in [5.41, 5.74) is 6.13. The topological polar surface area (TPSA) is 66.6 Å². The number of benzene rings is 1. The molecule has 0 amide bonds. The Morgan fingerprint density at radius 3 is 2.80 bits per heavy atom. The third kappa shape index (κ3) is 2.73. The van der Waals surface area contributed by atoms with Crippen LogP contribution >= 0.6 is 11.6 Å². The zero-order chi connectivity index (χ0) is 11.6. The molecule has 0 aliphatic heterocycles. The standard InChI is InChI=1S/C9H10ClFN2O2/c1-13(4-9(14)15)8-3-6(11)5(10)2-7(8)12/h2-3H,4,12H2,1H3,(H,14,15). The predicted octanol–water partition coefficient (Wildman–Crippen LogP) is 1.58. The highest BCUT2D eigenvalue weighted by Gasteiger charge is 2.12. The molecular formula is C9H10ClFN2O2. The summed E-state index contributed by atoms with van der Waals surface area (Å²) in [4.78, 5) is 11.8. The molecule has 0 radical (unpaired) electrons. The lowest BCUT2D eigenvalue weighted by atomic mass is 10.2. The number of carboxylic acid groups (broad SMARTS) is 1. The average Bonchev–Trinajstić information content (AvgIpc) is 2.09. The highest BCUT2D eigenvalue weighted by atomic mass is 35.5. The minimum absolute atomic E-state index is 0.0834. The average molecular weight is 233 g/mol. The largest absolute Gasteiger partial charge is 0.480 e. The van der Waals surface area contributed by atoms with Crippen LogP contribution in [0.5, 0.6) is 0 Å². The molecule has 0 aliphatic rings. The van der Waals surface area contributed by atoms with Crippen LogP contribution in [0.3, 0.4) is 0 Å². The van der Waals surface area contributed by atoms with Crippen molar-refractivity contribution < 1.29 is 14.3 Å². The Bertz CT molecular complexity index is 398. The van der Waals surface area contributed by atoms with E-state index in [4.69, 9.17) is 22.4 Å². The van der Waals surface area contributed by atoms with E-state index in [1.165, 1.54) is 18.0 Å². The van der Waals surface area contributed by atoms with Gasteiger partial charge in [0, 0.05) is 13.1 Å². The maximum Gasteiger partial charge on any atom is 0.323 e. The van der Waals surface area contributed by atoms with E-state index < -0.39 is 11.8 Å². The Balaban J connectivity index is 3.03. The van der Waals surface area contributed by atoms with Crippen LogP contribution in [-0.4, -0.2) is 24.7 Å². The van der Waals surface area contributed by atoms with Gasteiger partial charge in [-0.2, -0.15) is 0 Å². The number of nitrogen functional groups attached to an aromatic ring is 1. The van der Waals surface area contributed by atoms with Gasteiger partial charge in [-0.25, -0.2) is 4.39 Å². The summed E-state index contributed by atoms with van der Waals surface area (Å²) in [6.45, 7) is -0.259. The van der Waals surface area contributed by atoms with E-state index in [0.29, 0.717) is 5.69 Å². The van der Waals surface area contributed by atoms with Crippen molar-refractivity contribution in [1.82, 2.24) is 0 Å². The van der Waals surface area contributed by atoms with E-state index in [2.05, 4.69) is 0 Å². The summed E-state index contributed by atoms with van der Waals surface area (Å²) < 4.78 is 13.1. The molecule has 15 heavy (non-hydrogen) atoms. The first-order valence-electron chi connectivity index (χ1n) is 4.09. The molecule has 0 aromatic heterocycles. The fraction of sp³-hybridized carbons (Fsp3) is 0.222. The second-order valence-electron chi connectivity index (χ2n) is 3.07. The van der Waals surface area contributed by atoms with Crippen molar-refractivity contribution in [2.75, 3.05) is 24.2 Å². The second kappa shape index (κ2) is 4.35. The van der Waals surface area contributed by atoms with E-state index >= 15 is 0 Å². The smallest absolute Gasteiger partial charge is 0.323 e. The molecule has 0 saturated heterocycles. The van der Waals surface area contributed by atoms with Crippen molar-refractivity contribution in [2.24, 2.45) is 0 Å². The fourth-order valence-electron chi connectivity index (χ4n) is 1.17. The van der Waals surface area contributed by atoms with Crippen molar-refractivity contribution in [3.8, 4) is 0 Å². The maximum atomic E-state index is 13.1. The summed E-state index contributed by atoms with van der Waals surface area (Å²) in [5, 5.41) is 8.47. The highest BCUT2D eigenvalue weighted by Crippen LogP contribution is 2.28. The number of rotatable bonds is 3. The van der Waals surface area contributed by atoms with Gasteiger partial charge in [0.05, 0.1) is 16.4 Å². The molecule has 0 unspecified atom stereocenters. The van der Waals surface area contributed by atoms with E-state index in [9.17, 15) is 9.18 Å². The normalized spacial score (nSPS) is 10.1. The van der Waals surface area contributed by atoms with Crippen molar-refractivity contribution in [3.05, 3.63) is 23.0 Å². The molecule has 1 rings (SSSR count). The van der Waals surface area contributed by atoms with E-state index in [1.807, 2.05) is 0 Å². The first-order chi connectivity index (χ1) is 6.91. The molecular weight excluding hydrogens is 223 g/mol. The monoisotopic (exact) mass is 232 g/mol. The molecule has 82 valence electrons. The molecule has 0 spiro atoms. The number of aliphatic carboxylic acids is 1. The molecule has 4 nitrogen and oxygen atoms in total. The lowest BCUT2D eigenvalue weighted by Crippen LogP contribution is -2.26. The Morgan fingerprint density at radius 2 is 2.27 bits per heavy atom. The predicted molar refractivity (Wildman–Crippen MR) is 56.7 cm³/mol. The number of nitrogens with zero attached hydrogens (tertiary/aromatic N) is 1. The van der Waals surface area contributed by atoms with Crippen LogP contribution in [0.4, 0.5) is 15.8 Å². The minimum atomic E-state index is -1.02. The van der Waals surface area contributed by atoms with Crippen LogP contribution in [-0.2, 0) is 4.79 Å². The molecule has 0 atom stereocenters. The maximum absolute atomic E-state index is 13.1. The number of carbonyl (C=O) groups is 1. The van der Waals surface area contributed by atoms with Gasteiger partial charge in [0.25, 0.3) is 0 Å². The van der Waals surface area contributed by atoms with Crippen LogP contribution in [0.15, 0.2) is 12.1 Å². The summed E-state index contributed by atoms with van der Waals surface area (Å²) in [7, 11) is 1.51. The molecule has 1 aromatic rings. The van der Waals surface area contributed by atoms with Crippen LogP contribution < -0.4 is 10.6 Å². The van der Waals surface area contributed by atoms with Gasteiger partial charge < -0.3 is 15.7 Å². The number of halogens is 2. The molecule has 0 aliphatic carbocycles. The summed E-state index contributed by atoms with van der Waals surface area (Å²) in [5.74, 6) is -1.65. The molecule has 0 heterocycles. The van der Waals surface area contributed by atoms with Crippen LogP contribution in [0.25, 0.3) is 0 Å². The third-order valence-corrected chi connectivity index (χ3v) is 2.14. The van der Waals surface area contributed by atoms with Crippen LogP contribution in [0.1, 0.15) is 0 Å². The van der Waals surface area contributed by atoms with Crippen molar-refractivity contribution >= 4 is 28.9 Å². The minimum Gasteiger partial charge on any atom is -0.480 e. The second-order valence-corrected chi connectivity index (χ2v) is 3.48. The van der Waals surface area contributed by atoms with Gasteiger partial charge in [-0.05, 0) is 6.07 Å². The highest BCUT2D eigenvalue weighted by molar-refractivity contribution is 6.31. The molecule has 0 saturated carbocycles. The van der Waals surface area contributed by atoms with E-state index in [0.717, 1.165) is 6.07 Å². The zero-order valence-electron chi connectivity index (χ0n) is 8.00. The number of likely N-dealkylation sites (N-methyl/N-ethyl adjacent to an activating group) is 1. The number of hydrogen-bond acceptors (Lipinski definition) is 3. The zero-order valence-corrected chi connectivity index (χ0v) is 8.75. The number of nitrogens with two attached hydrogens (primary N) is 1. The first-order valence-corrected chi connectivity index (χ1v) is 4.47. The van der Waals surface area contributed by atoms with Crippen LogP contribution in [0.2, 0.25) is 5.02 Å². The summed E-state index contributed by atoms with van der Waals surface area (Å²) in [6.07, 6.45) is 0. The van der Waals surface area contributed by atoms with Gasteiger partial charge in [-0.1, -0.05) is 11.6 Å². The third-order valence-electron chi connectivity index (χ3n) is 1.85. The van der Waals surface area contributed by atoms with Gasteiger partial charge in [0.2, 0.25) is 0 Å². The summed E-state index contributed by atoms with van der Waals surface area (Å²) in [6, 6.07) is 2.37. The van der Waals surface area contributed by atoms with Gasteiger partial charge in [-0.3, -0.25) is 4.79 Å². The molecule has 0 fully saturated rings. The van der Waals surface area contributed by atoms with Gasteiger partial charge >= 0.3 is 5.97 Å². The van der Waals surface area contributed by atoms with Crippen molar-refractivity contribution in [2.45, 2.75) is 0 Å². The van der Waals surface area contributed by atoms with E-state index in [-0.39, 0.29) is 17.3 Å². The first kappa shape index (κ1) is 11.6. The van der Waals surface area contributed by atoms with Crippen molar-refractivity contribution in [3.63, 3.8) is 0 Å². The number of carboxylic acids is 1. The Morgan fingerprint density at radius 1 is 1.67 bits per heavy atom. The lowest BCUT2D eigenvalue weighted by molar-refractivity contribution is -0.135. The number of hydrogen-bond donors (Lipinski definition) is 2. The fourth-order valence-corrected chi connectivity index (χ4v) is 1.34. The Labute approximate surface area is 91.1 Å². The quantitative estimate of drug-likeness (QED) is 0.777. The van der Waals surface area contributed by atoms with E-state index in [1.54, 1.807) is 0 Å². The summed E-state index contributed by atoms with van der Waals surface area (Å²) >= 11 is 5.51. The lowest BCUT2D eigenvalue weighted by Gasteiger charge is -2.19. The molecule has 6 heteroatoms. The van der Waals surface area contributed by atoms with Gasteiger partial charge in [0.15, 0.2) is 0 Å². The number of anilines is 2.